The van der Waals surface area contributed by atoms with Gasteiger partial charge in [0.15, 0.2) is 0 Å². The molecule has 12 heavy (non-hydrogen) atoms. The van der Waals surface area contributed by atoms with E-state index < -0.39 is 0 Å². The van der Waals surface area contributed by atoms with E-state index in [0.717, 1.165) is 12.8 Å². The molecule has 2 nitrogen and oxygen atoms in total. The molecule has 0 heterocycles. The second-order valence-electron chi connectivity index (χ2n) is 4.81. The lowest BCUT2D eigenvalue weighted by atomic mass is 9.69. The molecule has 2 saturated carbocycles. The lowest BCUT2D eigenvalue weighted by Gasteiger charge is -2.37. The summed E-state index contributed by atoms with van der Waals surface area (Å²) in [5.74, 6) is 0.746. The van der Waals surface area contributed by atoms with E-state index in [9.17, 15) is 9.90 Å². The monoisotopic (exact) mass is 168 g/mol. The van der Waals surface area contributed by atoms with Crippen LogP contribution in [-0.2, 0) is 4.79 Å². The van der Waals surface area contributed by atoms with Crippen LogP contribution in [0.3, 0.4) is 0 Å². The molecule has 0 unspecified atom stereocenters. The van der Waals surface area contributed by atoms with Crippen LogP contribution in [0.5, 0.6) is 0 Å². The maximum Gasteiger partial charge on any atom is 0.139 e. The first kappa shape index (κ1) is 8.24. The molecule has 2 bridgehead atoms. The number of Topliss-reactive ketones (excluding diaryl/α,β-unsaturated/α-hetero) is 1. The Morgan fingerprint density at radius 1 is 1.58 bits per heavy atom. The summed E-state index contributed by atoms with van der Waals surface area (Å²) in [6.45, 7) is 4.33. The smallest absolute Gasteiger partial charge is 0.139 e. The predicted molar refractivity (Wildman–Crippen MR) is 45.6 cm³/mol. The molecule has 2 aliphatic rings. The van der Waals surface area contributed by atoms with Crippen LogP contribution in [0.4, 0.5) is 0 Å². The minimum Gasteiger partial charge on any atom is -0.392 e. The molecule has 0 aromatic rings. The maximum absolute atomic E-state index is 11.5. The van der Waals surface area contributed by atoms with E-state index >= 15 is 0 Å². The highest BCUT2D eigenvalue weighted by Gasteiger charge is 2.51. The number of hydrogen-bond donors (Lipinski definition) is 1. The average molecular weight is 168 g/mol. The van der Waals surface area contributed by atoms with Gasteiger partial charge in [-0.15, -0.1) is 0 Å². The summed E-state index contributed by atoms with van der Waals surface area (Å²) in [5.41, 5.74) is 0.195. The van der Waals surface area contributed by atoms with Gasteiger partial charge in [0.25, 0.3) is 0 Å². The summed E-state index contributed by atoms with van der Waals surface area (Å²) in [6, 6.07) is 0. The predicted octanol–water partition coefficient (Wildman–Crippen LogP) is 1.37. The number of hydrogen-bond acceptors (Lipinski definition) is 2. The van der Waals surface area contributed by atoms with Crippen LogP contribution in [0.15, 0.2) is 0 Å². The Labute approximate surface area is 73.0 Å². The quantitative estimate of drug-likeness (QED) is 0.593. The van der Waals surface area contributed by atoms with E-state index in [0.29, 0.717) is 12.3 Å². The normalized spacial score (nSPS) is 52.9. The van der Waals surface area contributed by atoms with Gasteiger partial charge >= 0.3 is 0 Å². The summed E-state index contributed by atoms with van der Waals surface area (Å²) in [7, 11) is 0. The third-order valence-corrected chi connectivity index (χ3v) is 3.93. The minimum absolute atomic E-state index is 0.0359. The van der Waals surface area contributed by atoms with Gasteiger partial charge in [-0.2, -0.15) is 0 Å². The molecule has 0 aliphatic heterocycles. The number of carbonyl (C=O) groups is 1. The molecule has 0 radical (unpaired) electrons. The molecular weight excluding hydrogens is 152 g/mol. The van der Waals surface area contributed by atoms with E-state index in [2.05, 4.69) is 13.8 Å². The molecule has 2 aliphatic carbocycles. The van der Waals surface area contributed by atoms with Crippen molar-refractivity contribution in [3.63, 3.8) is 0 Å². The van der Waals surface area contributed by atoms with Gasteiger partial charge in [-0.05, 0) is 24.2 Å². The van der Waals surface area contributed by atoms with Crippen LogP contribution in [-0.4, -0.2) is 17.0 Å². The number of rotatable bonds is 0. The van der Waals surface area contributed by atoms with Gasteiger partial charge in [-0.25, -0.2) is 0 Å². The summed E-state index contributed by atoms with van der Waals surface area (Å²) >= 11 is 0. The van der Waals surface area contributed by atoms with Crippen molar-refractivity contribution in [2.24, 2.45) is 17.3 Å². The SMILES string of the molecule is C[C@@H]1C[C@H](O)[C@H]2C[C@]1(C)CC2=O. The Morgan fingerprint density at radius 2 is 2.25 bits per heavy atom. The molecule has 2 fully saturated rings. The highest BCUT2D eigenvalue weighted by Crippen LogP contribution is 2.52. The van der Waals surface area contributed by atoms with Crippen LogP contribution in [0, 0.1) is 17.3 Å². The molecule has 68 valence electrons. The van der Waals surface area contributed by atoms with Crippen molar-refractivity contribution in [2.75, 3.05) is 0 Å². The zero-order valence-corrected chi connectivity index (χ0v) is 7.71. The summed E-state index contributed by atoms with van der Waals surface area (Å²) in [5, 5.41) is 9.63. The zero-order valence-electron chi connectivity index (χ0n) is 7.71. The molecular formula is C10H16O2. The zero-order chi connectivity index (χ0) is 8.93. The first-order valence-corrected chi connectivity index (χ1v) is 4.74. The highest BCUT2D eigenvalue weighted by molar-refractivity contribution is 5.85. The lowest BCUT2D eigenvalue weighted by molar-refractivity contribution is -0.123. The van der Waals surface area contributed by atoms with Gasteiger partial charge in [0.2, 0.25) is 0 Å². The molecule has 0 saturated heterocycles. The van der Waals surface area contributed by atoms with Crippen LogP contribution >= 0.6 is 0 Å². The number of carbonyl (C=O) groups excluding carboxylic acids is 1. The average Bonchev–Trinajstić information content (AvgIpc) is 2.23. The number of fused-ring (bicyclic) bond motifs is 2. The fourth-order valence-electron chi connectivity index (χ4n) is 2.75. The van der Waals surface area contributed by atoms with Gasteiger partial charge in [0.1, 0.15) is 5.78 Å². The Hall–Kier alpha value is -0.370. The second-order valence-corrected chi connectivity index (χ2v) is 4.81. The second kappa shape index (κ2) is 2.32. The van der Waals surface area contributed by atoms with Crippen molar-refractivity contribution in [1.82, 2.24) is 0 Å². The van der Waals surface area contributed by atoms with Crippen molar-refractivity contribution in [1.29, 1.82) is 0 Å². The van der Waals surface area contributed by atoms with Crippen LogP contribution in [0.2, 0.25) is 0 Å². The van der Waals surface area contributed by atoms with Crippen molar-refractivity contribution >= 4 is 5.78 Å². The fourth-order valence-corrected chi connectivity index (χ4v) is 2.75. The molecule has 0 aromatic heterocycles. The molecule has 2 heteroatoms. The number of ketones is 1. The number of aliphatic hydroxyl groups excluding tert-OH is 1. The van der Waals surface area contributed by atoms with E-state index in [1.54, 1.807) is 0 Å². The van der Waals surface area contributed by atoms with Gasteiger partial charge < -0.3 is 5.11 Å². The summed E-state index contributed by atoms with van der Waals surface area (Å²) < 4.78 is 0. The first-order valence-electron chi connectivity index (χ1n) is 4.74. The van der Waals surface area contributed by atoms with Crippen LogP contribution in [0.1, 0.15) is 33.1 Å². The lowest BCUT2D eigenvalue weighted by Crippen LogP contribution is -2.34. The van der Waals surface area contributed by atoms with Crippen LogP contribution < -0.4 is 0 Å². The van der Waals surface area contributed by atoms with E-state index in [1.807, 2.05) is 0 Å². The van der Waals surface area contributed by atoms with Gasteiger partial charge in [-0.3, -0.25) is 4.79 Å². The topological polar surface area (TPSA) is 37.3 Å². The molecule has 4 atom stereocenters. The first-order chi connectivity index (χ1) is 5.53. The summed E-state index contributed by atoms with van der Waals surface area (Å²) in [6.07, 6.45) is 2.06. The maximum atomic E-state index is 11.5. The standard InChI is InChI=1S/C10H16O2/c1-6-3-8(11)7-4-10(6,2)5-9(7)12/h6-8,11H,3-5H2,1-2H3/t6-,7-,8+,10-/m1/s1. The Morgan fingerprint density at radius 3 is 2.92 bits per heavy atom. The Kier molecular flexibility index (Phi) is 1.59. The van der Waals surface area contributed by atoms with E-state index in [1.165, 1.54) is 0 Å². The fraction of sp³-hybridized carbons (Fsp3) is 0.900. The third kappa shape index (κ3) is 0.939. The highest BCUT2D eigenvalue weighted by atomic mass is 16.3. The van der Waals surface area contributed by atoms with Gasteiger partial charge in [0.05, 0.1) is 6.10 Å². The largest absolute Gasteiger partial charge is 0.392 e. The van der Waals surface area contributed by atoms with E-state index in [4.69, 9.17) is 0 Å². The van der Waals surface area contributed by atoms with Crippen molar-refractivity contribution in [3.05, 3.63) is 0 Å². The molecule has 0 amide bonds. The third-order valence-electron chi connectivity index (χ3n) is 3.93. The Balaban J connectivity index is 2.29. The molecule has 0 spiro atoms. The minimum atomic E-state index is -0.358. The summed E-state index contributed by atoms with van der Waals surface area (Å²) in [4.78, 5) is 11.5. The van der Waals surface area contributed by atoms with Gasteiger partial charge in [0, 0.05) is 12.3 Å². The number of aliphatic hydroxyl groups is 1. The molecule has 1 N–H and O–H groups in total. The van der Waals surface area contributed by atoms with Crippen molar-refractivity contribution < 1.29 is 9.90 Å². The molecule has 2 rings (SSSR count). The van der Waals surface area contributed by atoms with Crippen molar-refractivity contribution in [2.45, 2.75) is 39.2 Å². The van der Waals surface area contributed by atoms with Crippen molar-refractivity contribution in [3.8, 4) is 0 Å². The Bertz CT molecular complexity index is 224. The molecule has 0 aromatic carbocycles. The van der Waals surface area contributed by atoms with Crippen LogP contribution in [0.25, 0.3) is 0 Å². The van der Waals surface area contributed by atoms with Gasteiger partial charge in [-0.1, -0.05) is 13.8 Å². The van der Waals surface area contributed by atoms with E-state index in [-0.39, 0.29) is 23.2 Å².